The number of anilines is 2. The molecule has 2 rings (SSSR count). The Hall–Kier alpha value is -1.66. The smallest absolute Gasteiger partial charge is 0.226 e. The summed E-state index contributed by atoms with van der Waals surface area (Å²) in [6, 6.07) is 3.83. The summed E-state index contributed by atoms with van der Waals surface area (Å²) in [6.07, 6.45) is 2.13. The number of nitrogens with one attached hydrogen (secondary N) is 1. The second-order valence-corrected chi connectivity index (χ2v) is 4.78. The summed E-state index contributed by atoms with van der Waals surface area (Å²) < 4.78 is 0. The molecular formula is C13H21N5O. The van der Waals surface area contributed by atoms with E-state index in [9.17, 15) is 4.79 Å². The second kappa shape index (κ2) is 6.49. The summed E-state index contributed by atoms with van der Waals surface area (Å²) in [5, 5.41) is 2.72. The Morgan fingerprint density at radius 1 is 1.37 bits per heavy atom. The van der Waals surface area contributed by atoms with Gasteiger partial charge in [0.25, 0.3) is 0 Å². The molecule has 1 aliphatic heterocycles. The van der Waals surface area contributed by atoms with Crippen LogP contribution < -0.4 is 16.0 Å². The van der Waals surface area contributed by atoms with Crippen molar-refractivity contribution in [2.45, 2.75) is 6.42 Å². The Bertz CT molecular complexity index is 412. The SMILES string of the molecule is CN1CCN(c2ccc(NC(=O)CCN)nc2)CC1. The highest BCUT2D eigenvalue weighted by atomic mass is 16.1. The molecule has 6 nitrogen and oxygen atoms in total. The van der Waals surface area contributed by atoms with E-state index < -0.39 is 0 Å². The molecule has 0 unspecified atom stereocenters. The summed E-state index contributed by atoms with van der Waals surface area (Å²) in [7, 11) is 2.13. The lowest BCUT2D eigenvalue weighted by Gasteiger charge is -2.33. The van der Waals surface area contributed by atoms with E-state index in [-0.39, 0.29) is 5.91 Å². The molecule has 3 N–H and O–H groups in total. The zero-order valence-electron chi connectivity index (χ0n) is 11.3. The number of pyridine rings is 1. The van der Waals surface area contributed by atoms with Crippen LogP contribution in [0.15, 0.2) is 18.3 Å². The van der Waals surface area contributed by atoms with Gasteiger partial charge in [0, 0.05) is 39.1 Å². The average molecular weight is 263 g/mol. The van der Waals surface area contributed by atoms with Gasteiger partial charge in [0.1, 0.15) is 5.82 Å². The Balaban J connectivity index is 1.92. The monoisotopic (exact) mass is 263 g/mol. The van der Waals surface area contributed by atoms with Gasteiger partial charge in [0.15, 0.2) is 0 Å². The molecule has 0 aromatic carbocycles. The Morgan fingerprint density at radius 2 is 2.11 bits per heavy atom. The minimum atomic E-state index is -0.0950. The number of aromatic nitrogens is 1. The highest BCUT2D eigenvalue weighted by Gasteiger charge is 2.14. The number of rotatable bonds is 4. The van der Waals surface area contributed by atoms with Crippen LogP contribution in [0.3, 0.4) is 0 Å². The first-order valence-corrected chi connectivity index (χ1v) is 6.58. The summed E-state index contributed by atoms with van der Waals surface area (Å²) >= 11 is 0. The number of amides is 1. The van der Waals surface area contributed by atoms with Crippen LogP contribution in [-0.2, 0) is 4.79 Å². The predicted octanol–water partition coefficient (Wildman–Crippen LogP) is 0.121. The number of likely N-dealkylation sites (N-methyl/N-ethyl adjacent to an activating group) is 1. The van der Waals surface area contributed by atoms with E-state index in [1.807, 2.05) is 18.3 Å². The number of hydrogen-bond donors (Lipinski definition) is 2. The van der Waals surface area contributed by atoms with Crippen LogP contribution in [0.2, 0.25) is 0 Å². The first-order chi connectivity index (χ1) is 9.19. The van der Waals surface area contributed by atoms with Gasteiger partial charge in [-0.1, -0.05) is 0 Å². The van der Waals surface area contributed by atoms with Gasteiger partial charge in [0.2, 0.25) is 5.91 Å². The summed E-state index contributed by atoms with van der Waals surface area (Å²) in [6.45, 7) is 4.50. The number of nitrogens with two attached hydrogens (primary N) is 1. The maximum atomic E-state index is 11.4. The summed E-state index contributed by atoms with van der Waals surface area (Å²) in [5.74, 6) is 0.485. The van der Waals surface area contributed by atoms with Crippen LogP contribution in [0, 0.1) is 0 Å². The van der Waals surface area contributed by atoms with Gasteiger partial charge in [-0.15, -0.1) is 0 Å². The first kappa shape index (κ1) is 13.8. The standard InChI is InChI=1S/C13H21N5O/c1-17-6-8-18(9-7-17)11-2-3-12(15-10-11)16-13(19)4-5-14/h2-3,10H,4-9,14H2,1H3,(H,15,16,19). The first-order valence-electron chi connectivity index (χ1n) is 6.58. The van der Waals surface area contributed by atoms with Crippen molar-refractivity contribution < 1.29 is 4.79 Å². The number of carbonyl (C=O) groups is 1. The molecule has 0 atom stereocenters. The molecule has 0 aliphatic carbocycles. The molecule has 1 aromatic heterocycles. The topological polar surface area (TPSA) is 74.5 Å². The maximum absolute atomic E-state index is 11.4. The molecule has 104 valence electrons. The fourth-order valence-corrected chi connectivity index (χ4v) is 2.05. The summed E-state index contributed by atoms with van der Waals surface area (Å²) in [5.41, 5.74) is 6.43. The maximum Gasteiger partial charge on any atom is 0.226 e. The van der Waals surface area contributed by atoms with E-state index in [4.69, 9.17) is 5.73 Å². The molecule has 0 spiro atoms. The van der Waals surface area contributed by atoms with Crippen molar-refractivity contribution in [1.82, 2.24) is 9.88 Å². The van der Waals surface area contributed by atoms with E-state index >= 15 is 0 Å². The Labute approximate surface area is 113 Å². The minimum Gasteiger partial charge on any atom is -0.368 e. The van der Waals surface area contributed by atoms with E-state index in [0.29, 0.717) is 18.8 Å². The lowest BCUT2D eigenvalue weighted by Crippen LogP contribution is -2.44. The zero-order valence-corrected chi connectivity index (χ0v) is 11.3. The van der Waals surface area contributed by atoms with Gasteiger partial charge in [-0.2, -0.15) is 0 Å². The highest BCUT2D eigenvalue weighted by molar-refractivity contribution is 5.89. The number of nitrogens with zero attached hydrogens (tertiary/aromatic N) is 3. The fourth-order valence-electron chi connectivity index (χ4n) is 2.05. The largest absolute Gasteiger partial charge is 0.368 e. The van der Waals surface area contributed by atoms with Crippen molar-refractivity contribution in [3.05, 3.63) is 18.3 Å². The van der Waals surface area contributed by atoms with Crippen molar-refractivity contribution in [3.8, 4) is 0 Å². The zero-order chi connectivity index (χ0) is 13.7. The molecule has 6 heteroatoms. The van der Waals surface area contributed by atoms with Gasteiger partial charge in [-0.3, -0.25) is 4.79 Å². The van der Waals surface area contributed by atoms with Crippen LogP contribution in [0.25, 0.3) is 0 Å². The van der Waals surface area contributed by atoms with Gasteiger partial charge in [-0.05, 0) is 19.2 Å². The van der Waals surface area contributed by atoms with Gasteiger partial charge < -0.3 is 20.9 Å². The van der Waals surface area contributed by atoms with E-state index in [2.05, 4.69) is 27.1 Å². The van der Waals surface area contributed by atoms with Gasteiger partial charge in [0.05, 0.1) is 11.9 Å². The van der Waals surface area contributed by atoms with Crippen LogP contribution in [0.4, 0.5) is 11.5 Å². The fraction of sp³-hybridized carbons (Fsp3) is 0.538. The lowest BCUT2D eigenvalue weighted by atomic mass is 10.3. The molecule has 0 radical (unpaired) electrons. The van der Waals surface area contributed by atoms with E-state index in [1.54, 1.807) is 0 Å². The highest BCUT2D eigenvalue weighted by Crippen LogP contribution is 2.16. The van der Waals surface area contributed by atoms with Crippen molar-refractivity contribution >= 4 is 17.4 Å². The third-order valence-corrected chi connectivity index (χ3v) is 3.26. The second-order valence-electron chi connectivity index (χ2n) is 4.78. The van der Waals surface area contributed by atoms with Gasteiger partial charge in [-0.25, -0.2) is 4.98 Å². The number of piperazine rings is 1. The quantitative estimate of drug-likeness (QED) is 0.807. The third-order valence-electron chi connectivity index (χ3n) is 3.26. The molecule has 0 bridgehead atoms. The van der Waals surface area contributed by atoms with Crippen molar-refractivity contribution in [2.24, 2.45) is 5.73 Å². The van der Waals surface area contributed by atoms with Crippen LogP contribution in [0.5, 0.6) is 0 Å². The van der Waals surface area contributed by atoms with Crippen molar-refractivity contribution in [1.29, 1.82) is 0 Å². The van der Waals surface area contributed by atoms with Crippen LogP contribution in [-0.4, -0.2) is 55.6 Å². The molecule has 1 aromatic rings. The normalized spacial score (nSPS) is 16.4. The van der Waals surface area contributed by atoms with Crippen molar-refractivity contribution in [3.63, 3.8) is 0 Å². The van der Waals surface area contributed by atoms with Crippen molar-refractivity contribution in [2.75, 3.05) is 50.0 Å². The van der Waals surface area contributed by atoms with Crippen LogP contribution >= 0.6 is 0 Å². The molecule has 1 fully saturated rings. The molecule has 0 saturated carbocycles. The molecule has 1 aliphatic rings. The third kappa shape index (κ3) is 3.90. The minimum absolute atomic E-state index is 0.0950. The number of hydrogen-bond acceptors (Lipinski definition) is 5. The molecule has 1 amide bonds. The van der Waals surface area contributed by atoms with Gasteiger partial charge >= 0.3 is 0 Å². The molecular weight excluding hydrogens is 242 g/mol. The summed E-state index contributed by atoms with van der Waals surface area (Å²) in [4.78, 5) is 20.3. The lowest BCUT2D eigenvalue weighted by molar-refractivity contribution is -0.116. The average Bonchev–Trinajstić information content (AvgIpc) is 2.41. The van der Waals surface area contributed by atoms with E-state index in [0.717, 1.165) is 31.9 Å². The van der Waals surface area contributed by atoms with E-state index in [1.165, 1.54) is 0 Å². The predicted molar refractivity (Wildman–Crippen MR) is 76.2 cm³/mol. The molecule has 1 saturated heterocycles. The molecule has 19 heavy (non-hydrogen) atoms. The Kier molecular flexibility index (Phi) is 4.70. The molecule has 2 heterocycles. The number of carbonyl (C=O) groups excluding carboxylic acids is 1. The Morgan fingerprint density at radius 3 is 2.68 bits per heavy atom. The van der Waals surface area contributed by atoms with Crippen LogP contribution in [0.1, 0.15) is 6.42 Å².